The molecular weight excluding hydrogens is 182 g/mol. The molecule has 1 heterocycles. The topological polar surface area (TPSA) is 46.6 Å². The van der Waals surface area contributed by atoms with Gasteiger partial charge in [-0.3, -0.25) is 9.59 Å². The molecule has 1 rings (SSSR count). The second kappa shape index (κ2) is 5.62. The predicted octanol–water partition coefficient (Wildman–Crippen LogP) is 0.952. The monoisotopic (exact) mass is 199 g/mol. The Morgan fingerprint density at radius 2 is 1.86 bits per heavy atom. The van der Waals surface area contributed by atoms with Gasteiger partial charge in [-0.1, -0.05) is 0 Å². The number of carbonyl (C=O) groups is 2. The van der Waals surface area contributed by atoms with Gasteiger partial charge in [0.15, 0.2) is 0 Å². The summed E-state index contributed by atoms with van der Waals surface area (Å²) >= 11 is 0. The van der Waals surface area contributed by atoms with Gasteiger partial charge in [0.05, 0.1) is 7.11 Å². The molecule has 1 saturated heterocycles. The van der Waals surface area contributed by atoms with Gasteiger partial charge < -0.3 is 9.64 Å². The number of carbonyl (C=O) groups excluding carboxylic acids is 2. The predicted molar refractivity (Wildman–Crippen MR) is 51.7 cm³/mol. The largest absolute Gasteiger partial charge is 0.469 e. The molecule has 4 heteroatoms. The minimum absolute atomic E-state index is 0.193. The van der Waals surface area contributed by atoms with E-state index in [0.717, 1.165) is 32.4 Å². The maximum absolute atomic E-state index is 11.3. The fourth-order valence-electron chi connectivity index (χ4n) is 1.37. The summed E-state index contributed by atoms with van der Waals surface area (Å²) in [4.78, 5) is 23.9. The highest BCUT2D eigenvalue weighted by Crippen LogP contribution is 2.10. The van der Waals surface area contributed by atoms with Crippen molar-refractivity contribution in [2.75, 3.05) is 20.2 Å². The van der Waals surface area contributed by atoms with Crippen molar-refractivity contribution in [1.29, 1.82) is 0 Å². The number of nitrogens with zero attached hydrogens (tertiary/aromatic N) is 1. The van der Waals surface area contributed by atoms with E-state index in [4.69, 9.17) is 0 Å². The first-order valence-corrected chi connectivity index (χ1v) is 5.08. The summed E-state index contributed by atoms with van der Waals surface area (Å²) in [6, 6.07) is 0. The van der Waals surface area contributed by atoms with Crippen molar-refractivity contribution in [3.05, 3.63) is 0 Å². The number of methoxy groups -OCH3 is 1. The summed E-state index contributed by atoms with van der Waals surface area (Å²) < 4.78 is 4.50. The Morgan fingerprint density at radius 3 is 2.36 bits per heavy atom. The van der Waals surface area contributed by atoms with Crippen LogP contribution in [-0.2, 0) is 14.3 Å². The molecule has 0 aliphatic carbocycles. The van der Waals surface area contributed by atoms with E-state index in [0.29, 0.717) is 12.8 Å². The third kappa shape index (κ3) is 3.36. The first-order valence-electron chi connectivity index (χ1n) is 5.08. The molecule has 1 aliphatic rings. The number of likely N-dealkylation sites (tertiary alicyclic amines) is 1. The molecule has 0 unspecified atom stereocenters. The average Bonchev–Trinajstić information content (AvgIpc) is 2.09. The normalized spacial score (nSPS) is 14.8. The molecule has 0 aromatic heterocycles. The fourth-order valence-corrected chi connectivity index (χ4v) is 1.37. The fraction of sp³-hybridized carbons (Fsp3) is 0.800. The molecule has 0 spiro atoms. The zero-order valence-electron chi connectivity index (χ0n) is 8.62. The molecule has 0 atom stereocenters. The highest BCUT2D eigenvalue weighted by atomic mass is 16.5. The van der Waals surface area contributed by atoms with Crippen molar-refractivity contribution >= 4 is 11.9 Å². The molecule has 4 nitrogen and oxygen atoms in total. The van der Waals surface area contributed by atoms with Crippen LogP contribution in [0.25, 0.3) is 0 Å². The Morgan fingerprint density at radius 1 is 1.21 bits per heavy atom. The second-order valence-corrected chi connectivity index (χ2v) is 3.52. The highest BCUT2D eigenvalue weighted by Gasteiger charge is 2.19. The van der Waals surface area contributed by atoms with Gasteiger partial charge in [0.2, 0.25) is 5.91 Å². The Bertz CT molecular complexity index is 211. The Hall–Kier alpha value is -1.06. The van der Waals surface area contributed by atoms with Crippen LogP contribution in [0.4, 0.5) is 0 Å². The van der Waals surface area contributed by atoms with E-state index >= 15 is 0 Å². The average molecular weight is 199 g/mol. The number of amides is 1. The van der Waals surface area contributed by atoms with E-state index in [9.17, 15) is 9.59 Å². The third-order valence-electron chi connectivity index (χ3n) is 2.46. The lowest BCUT2D eigenvalue weighted by Crippen LogP contribution is -2.41. The van der Waals surface area contributed by atoms with Gasteiger partial charge in [-0.15, -0.1) is 0 Å². The summed E-state index contributed by atoms with van der Waals surface area (Å²) in [7, 11) is 1.38. The minimum Gasteiger partial charge on any atom is -0.469 e. The lowest BCUT2D eigenvalue weighted by molar-refractivity contribution is -0.141. The molecule has 0 saturated carbocycles. The van der Waals surface area contributed by atoms with Crippen molar-refractivity contribution in [2.24, 2.45) is 0 Å². The van der Waals surface area contributed by atoms with Crippen LogP contribution >= 0.6 is 0 Å². The van der Waals surface area contributed by atoms with Crippen LogP contribution in [0.5, 0.6) is 0 Å². The van der Waals surface area contributed by atoms with Crippen LogP contribution in [0.1, 0.15) is 32.1 Å². The van der Waals surface area contributed by atoms with E-state index < -0.39 is 0 Å². The van der Waals surface area contributed by atoms with Crippen molar-refractivity contribution in [1.82, 2.24) is 4.90 Å². The number of hydrogen-bond acceptors (Lipinski definition) is 3. The molecule has 0 bridgehead atoms. The van der Waals surface area contributed by atoms with E-state index in [2.05, 4.69) is 4.74 Å². The highest BCUT2D eigenvalue weighted by molar-refractivity contribution is 5.76. The van der Waals surface area contributed by atoms with E-state index in [1.54, 1.807) is 0 Å². The number of unbranched alkanes of at least 4 members (excludes halogenated alkanes) is 1. The number of rotatable bonds is 5. The van der Waals surface area contributed by atoms with Gasteiger partial charge >= 0.3 is 5.97 Å². The third-order valence-corrected chi connectivity index (χ3v) is 2.46. The number of ether oxygens (including phenoxy) is 1. The maximum atomic E-state index is 11.3. The van der Waals surface area contributed by atoms with Crippen LogP contribution in [0.3, 0.4) is 0 Å². The van der Waals surface area contributed by atoms with Crippen LogP contribution in [-0.4, -0.2) is 37.0 Å². The summed E-state index contributed by atoms with van der Waals surface area (Å²) in [6.45, 7) is 1.83. The van der Waals surface area contributed by atoms with Crippen molar-refractivity contribution in [3.8, 4) is 0 Å². The number of hydrogen-bond donors (Lipinski definition) is 0. The zero-order valence-corrected chi connectivity index (χ0v) is 8.62. The van der Waals surface area contributed by atoms with Crippen molar-refractivity contribution in [2.45, 2.75) is 32.1 Å². The van der Waals surface area contributed by atoms with Crippen LogP contribution in [0, 0.1) is 0 Å². The summed E-state index contributed by atoms with van der Waals surface area (Å²) in [5.41, 5.74) is 0. The van der Waals surface area contributed by atoms with Gasteiger partial charge in [0.1, 0.15) is 0 Å². The summed E-state index contributed by atoms with van der Waals surface area (Å²) in [6.07, 6.45) is 3.64. The quantitative estimate of drug-likeness (QED) is 0.489. The Balaban J connectivity index is 1.97. The maximum Gasteiger partial charge on any atom is 0.305 e. The number of esters is 1. The van der Waals surface area contributed by atoms with Gasteiger partial charge in [-0.25, -0.2) is 0 Å². The van der Waals surface area contributed by atoms with Crippen molar-refractivity contribution < 1.29 is 14.3 Å². The second-order valence-electron chi connectivity index (χ2n) is 3.52. The molecule has 0 aromatic rings. The molecule has 0 radical (unpaired) electrons. The molecule has 1 amide bonds. The van der Waals surface area contributed by atoms with E-state index in [1.165, 1.54) is 7.11 Å². The molecule has 1 fully saturated rings. The van der Waals surface area contributed by atoms with E-state index in [-0.39, 0.29) is 11.9 Å². The first kappa shape index (κ1) is 11.0. The van der Waals surface area contributed by atoms with Crippen LogP contribution in [0.2, 0.25) is 0 Å². The zero-order chi connectivity index (χ0) is 10.4. The van der Waals surface area contributed by atoms with Crippen molar-refractivity contribution in [3.63, 3.8) is 0 Å². The first-order chi connectivity index (χ1) is 6.74. The van der Waals surface area contributed by atoms with Crippen LogP contribution in [0.15, 0.2) is 0 Å². The smallest absolute Gasteiger partial charge is 0.305 e. The molecule has 14 heavy (non-hydrogen) atoms. The summed E-state index contributed by atoms with van der Waals surface area (Å²) in [5, 5.41) is 0. The lowest BCUT2D eigenvalue weighted by Gasteiger charge is -2.30. The lowest BCUT2D eigenvalue weighted by atomic mass is 10.1. The SMILES string of the molecule is COC(=O)CCCCC(=O)N1CCC1. The minimum atomic E-state index is -0.193. The standard InChI is InChI=1S/C10H17NO3/c1-14-10(13)6-3-2-5-9(12)11-7-4-8-11/h2-8H2,1H3. The Kier molecular flexibility index (Phi) is 4.43. The molecule has 80 valence electrons. The molecular formula is C10H17NO3. The van der Waals surface area contributed by atoms with Gasteiger partial charge in [-0.05, 0) is 19.3 Å². The van der Waals surface area contributed by atoms with Gasteiger partial charge in [0.25, 0.3) is 0 Å². The van der Waals surface area contributed by atoms with E-state index in [1.807, 2.05) is 4.90 Å². The van der Waals surface area contributed by atoms with Gasteiger partial charge in [-0.2, -0.15) is 0 Å². The van der Waals surface area contributed by atoms with Crippen LogP contribution < -0.4 is 0 Å². The summed E-state index contributed by atoms with van der Waals surface area (Å²) in [5.74, 6) is 0.0301. The molecule has 0 aromatic carbocycles. The van der Waals surface area contributed by atoms with Gasteiger partial charge in [0, 0.05) is 25.9 Å². The Labute approximate surface area is 84.2 Å². The molecule has 0 N–H and O–H groups in total. The molecule has 1 aliphatic heterocycles.